The van der Waals surface area contributed by atoms with Crippen LogP contribution in [0.3, 0.4) is 0 Å². The van der Waals surface area contributed by atoms with Gasteiger partial charge in [0.05, 0.1) is 5.66 Å². The van der Waals surface area contributed by atoms with Crippen LogP contribution in [-0.2, 0) is 0 Å². The summed E-state index contributed by atoms with van der Waals surface area (Å²) in [6.45, 7) is 8.38. The van der Waals surface area contributed by atoms with E-state index in [1.54, 1.807) is 0 Å². The second kappa shape index (κ2) is 3.19. The molecule has 1 heterocycles. The number of nitrogens with one attached hydrogen (secondary N) is 1. The van der Waals surface area contributed by atoms with Gasteiger partial charge in [0.2, 0.25) is 0 Å². The maximum atomic E-state index is 12.5. The molecule has 1 N–H and O–H groups in total. The van der Waals surface area contributed by atoms with Crippen LogP contribution in [0.1, 0.15) is 59.8 Å². The first-order valence-electron chi connectivity index (χ1n) is 6.09. The minimum absolute atomic E-state index is 0.105. The lowest BCUT2D eigenvalue weighted by atomic mass is 9.84. The molecule has 2 fully saturated rings. The van der Waals surface area contributed by atoms with Crippen molar-refractivity contribution in [1.29, 1.82) is 0 Å². The maximum absolute atomic E-state index is 12.5. The zero-order valence-electron chi connectivity index (χ0n) is 10.4. The lowest BCUT2D eigenvalue weighted by Crippen LogP contribution is -2.53. The molecule has 3 nitrogen and oxygen atoms in total. The van der Waals surface area contributed by atoms with Gasteiger partial charge in [-0.1, -0.05) is 19.3 Å². The molecule has 1 saturated carbocycles. The monoisotopic (exact) mass is 211 g/mol. The first-order valence-corrected chi connectivity index (χ1v) is 6.09. The third-order valence-electron chi connectivity index (χ3n) is 4.65. The van der Waals surface area contributed by atoms with E-state index in [-0.39, 0.29) is 16.7 Å². The first kappa shape index (κ1) is 11.4. The second-order valence-electron chi connectivity index (χ2n) is 6.20. The van der Waals surface area contributed by atoms with Crippen LogP contribution in [0.5, 0.6) is 0 Å². The quantitative estimate of drug-likeness (QED) is 0.669. The van der Waals surface area contributed by atoms with E-state index in [0.29, 0.717) is 0 Å². The van der Waals surface area contributed by atoms with Gasteiger partial charge in [-0.05, 0) is 40.5 Å². The Morgan fingerprint density at radius 2 is 1.53 bits per heavy atom. The molecule has 15 heavy (non-hydrogen) atoms. The van der Waals surface area contributed by atoms with E-state index in [1.165, 1.54) is 24.3 Å². The summed E-state index contributed by atoms with van der Waals surface area (Å²) < 4.78 is 0. The molecular weight excluding hydrogens is 188 g/mol. The van der Waals surface area contributed by atoms with Gasteiger partial charge in [0, 0.05) is 11.1 Å². The van der Waals surface area contributed by atoms with E-state index >= 15 is 0 Å². The molecular formula is C12H23N2O-. The number of hydroxylamine groups is 2. The highest BCUT2D eigenvalue weighted by atomic mass is 16.5. The van der Waals surface area contributed by atoms with Crippen LogP contribution in [0.25, 0.3) is 0 Å². The van der Waals surface area contributed by atoms with Crippen LogP contribution < -0.4 is 5.32 Å². The second-order valence-corrected chi connectivity index (χ2v) is 6.20. The summed E-state index contributed by atoms with van der Waals surface area (Å²) in [6, 6.07) is 0. The fourth-order valence-corrected chi connectivity index (χ4v) is 3.04. The summed E-state index contributed by atoms with van der Waals surface area (Å²) in [6.07, 6.45) is 5.64. The van der Waals surface area contributed by atoms with Crippen molar-refractivity contribution in [2.75, 3.05) is 0 Å². The lowest BCUT2D eigenvalue weighted by molar-refractivity contribution is 0.0650. The molecule has 0 radical (unpaired) electrons. The van der Waals surface area contributed by atoms with E-state index in [9.17, 15) is 5.21 Å². The molecule has 1 saturated heterocycles. The highest BCUT2D eigenvalue weighted by Crippen LogP contribution is 2.46. The molecule has 1 aliphatic carbocycles. The highest BCUT2D eigenvalue weighted by molar-refractivity contribution is 5.16. The van der Waals surface area contributed by atoms with Crippen molar-refractivity contribution in [3.8, 4) is 0 Å². The van der Waals surface area contributed by atoms with Crippen LogP contribution in [0.15, 0.2) is 0 Å². The van der Waals surface area contributed by atoms with Gasteiger partial charge in [0.1, 0.15) is 0 Å². The van der Waals surface area contributed by atoms with Gasteiger partial charge in [-0.15, -0.1) is 0 Å². The number of rotatable bonds is 0. The Bertz CT molecular complexity index is 254. The third-order valence-corrected chi connectivity index (χ3v) is 4.65. The minimum Gasteiger partial charge on any atom is -0.783 e. The standard InChI is InChI=1S/C12H23N2O/c1-10(2)11(3,4)14(15)12(13-10)8-6-5-7-9-12/h13H,5-9H2,1-4H3/q-1. The molecule has 0 unspecified atom stereocenters. The fourth-order valence-electron chi connectivity index (χ4n) is 3.04. The Morgan fingerprint density at radius 1 is 1.00 bits per heavy atom. The topological polar surface area (TPSA) is 38.3 Å². The third kappa shape index (κ3) is 1.44. The van der Waals surface area contributed by atoms with Crippen LogP contribution in [0.4, 0.5) is 0 Å². The first-order chi connectivity index (χ1) is 6.82. The molecule has 0 bridgehead atoms. The van der Waals surface area contributed by atoms with E-state index < -0.39 is 0 Å². The van der Waals surface area contributed by atoms with Crippen molar-refractivity contribution >= 4 is 0 Å². The molecule has 88 valence electrons. The average Bonchev–Trinajstić information content (AvgIpc) is 2.27. The Hall–Kier alpha value is -0.120. The summed E-state index contributed by atoms with van der Waals surface area (Å²) in [5.41, 5.74) is -0.693. The minimum atomic E-state index is -0.315. The van der Waals surface area contributed by atoms with Crippen LogP contribution in [0.2, 0.25) is 0 Å². The molecule has 1 aliphatic heterocycles. The SMILES string of the molecule is CC1(C)NC2(CCCCC2)N([O-])C1(C)C. The molecule has 2 aliphatic rings. The molecule has 0 aromatic rings. The summed E-state index contributed by atoms with van der Waals surface area (Å²) in [5.74, 6) is 0. The largest absolute Gasteiger partial charge is 0.783 e. The molecule has 0 aromatic carbocycles. The van der Waals surface area contributed by atoms with E-state index in [4.69, 9.17) is 0 Å². The molecule has 0 atom stereocenters. The van der Waals surface area contributed by atoms with Crippen LogP contribution in [-0.4, -0.2) is 21.8 Å². The van der Waals surface area contributed by atoms with Crippen molar-refractivity contribution < 1.29 is 0 Å². The van der Waals surface area contributed by atoms with Crippen LogP contribution >= 0.6 is 0 Å². The smallest absolute Gasteiger partial charge is 0.0607 e. The van der Waals surface area contributed by atoms with E-state index in [1.807, 2.05) is 0 Å². The summed E-state index contributed by atoms with van der Waals surface area (Å²) in [5, 5.41) is 17.4. The van der Waals surface area contributed by atoms with Gasteiger partial charge in [-0.25, -0.2) is 0 Å². The van der Waals surface area contributed by atoms with E-state index in [0.717, 1.165) is 12.8 Å². The summed E-state index contributed by atoms with van der Waals surface area (Å²) in [4.78, 5) is 0. The summed E-state index contributed by atoms with van der Waals surface area (Å²) >= 11 is 0. The fraction of sp³-hybridized carbons (Fsp3) is 1.00. The van der Waals surface area contributed by atoms with Crippen molar-refractivity contribution in [3.05, 3.63) is 5.21 Å². The normalized spacial score (nSPS) is 33.4. The number of nitrogens with zero attached hydrogens (tertiary/aromatic N) is 1. The van der Waals surface area contributed by atoms with E-state index in [2.05, 4.69) is 33.0 Å². The highest BCUT2D eigenvalue weighted by Gasteiger charge is 2.55. The Balaban J connectivity index is 2.30. The van der Waals surface area contributed by atoms with Gasteiger partial charge in [-0.3, -0.25) is 5.32 Å². The zero-order valence-corrected chi connectivity index (χ0v) is 10.4. The lowest BCUT2D eigenvalue weighted by Gasteiger charge is -2.51. The number of hydrogen-bond donors (Lipinski definition) is 1. The predicted octanol–water partition coefficient (Wildman–Crippen LogP) is 2.61. The summed E-state index contributed by atoms with van der Waals surface area (Å²) in [7, 11) is 0. The van der Waals surface area contributed by atoms with Gasteiger partial charge >= 0.3 is 0 Å². The molecule has 3 heteroatoms. The molecule has 1 spiro atoms. The molecule has 0 amide bonds. The number of hydrogen-bond acceptors (Lipinski definition) is 3. The Labute approximate surface area is 92.8 Å². The van der Waals surface area contributed by atoms with Gasteiger partial charge in [-0.2, -0.15) is 0 Å². The Kier molecular flexibility index (Phi) is 2.42. The Morgan fingerprint density at radius 3 is 1.93 bits per heavy atom. The zero-order chi connectivity index (χ0) is 11.3. The van der Waals surface area contributed by atoms with Crippen molar-refractivity contribution in [1.82, 2.24) is 10.4 Å². The van der Waals surface area contributed by atoms with Gasteiger partial charge in [0.15, 0.2) is 0 Å². The molecule has 2 rings (SSSR count). The predicted molar refractivity (Wildman–Crippen MR) is 62.3 cm³/mol. The van der Waals surface area contributed by atoms with Gasteiger partial charge in [0.25, 0.3) is 0 Å². The van der Waals surface area contributed by atoms with Crippen molar-refractivity contribution in [2.24, 2.45) is 0 Å². The van der Waals surface area contributed by atoms with Crippen LogP contribution in [0, 0.1) is 5.21 Å². The maximum Gasteiger partial charge on any atom is 0.0607 e. The molecule has 0 aromatic heterocycles. The van der Waals surface area contributed by atoms with Crippen molar-refractivity contribution in [2.45, 2.75) is 76.5 Å². The average molecular weight is 211 g/mol. The van der Waals surface area contributed by atoms with Gasteiger partial charge < -0.3 is 10.3 Å². The van der Waals surface area contributed by atoms with Crippen molar-refractivity contribution in [3.63, 3.8) is 0 Å².